The summed E-state index contributed by atoms with van der Waals surface area (Å²) in [6, 6.07) is 10.1. The van der Waals surface area contributed by atoms with E-state index in [4.69, 9.17) is 9.47 Å². The first-order valence-electron chi connectivity index (χ1n) is 8.23. The molecule has 124 valence electrons. The van der Waals surface area contributed by atoms with E-state index in [9.17, 15) is 4.79 Å². The Labute approximate surface area is 145 Å². The minimum Gasteiger partial charge on any atom is -0.486 e. The lowest BCUT2D eigenvalue weighted by molar-refractivity contribution is -0.126. The van der Waals surface area contributed by atoms with Gasteiger partial charge in [0.25, 0.3) is 0 Å². The maximum absolute atomic E-state index is 12.6. The van der Waals surface area contributed by atoms with Crippen molar-refractivity contribution in [2.75, 3.05) is 19.8 Å². The van der Waals surface area contributed by atoms with Crippen LogP contribution in [0.15, 0.2) is 41.8 Å². The highest BCUT2D eigenvalue weighted by atomic mass is 32.1. The lowest BCUT2D eigenvalue weighted by atomic mass is 10.0. The van der Waals surface area contributed by atoms with Crippen molar-refractivity contribution in [2.24, 2.45) is 0 Å². The summed E-state index contributed by atoms with van der Waals surface area (Å²) in [6.45, 7) is 1.97. The Kier molecular flexibility index (Phi) is 4.26. The van der Waals surface area contributed by atoms with Gasteiger partial charge in [-0.15, -0.1) is 11.3 Å². The Morgan fingerprint density at radius 2 is 2.08 bits per heavy atom. The van der Waals surface area contributed by atoms with Gasteiger partial charge in [-0.05, 0) is 48.1 Å². The van der Waals surface area contributed by atoms with E-state index in [1.807, 2.05) is 46.7 Å². The first kappa shape index (κ1) is 15.3. The Morgan fingerprint density at radius 1 is 1.21 bits per heavy atom. The van der Waals surface area contributed by atoms with Crippen LogP contribution in [0.4, 0.5) is 0 Å². The van der Waals surface area contributed by atoms with E-state index in [-0.39, 0.29) is 11.9 Å². The number of thiophene rings is 1. The van der Waals surface area contributed by atoms with Gasteiger partial charge in [-0.1, -0.05) is 12.1 Å². The van der Waals surface area contributed by atoms with E-state index in [2.05, 4.69) is 0 Å². The van der Waals surface area contributed by atoms with E-state index < -0.39 is 0 Å². The van der Waals surface area contributed by atoms with Gasteiger partial charge in [-0.3, -0.25) is 4.79 Å². The third-order valence-corrected chi connectivity index (χ3v) is 5.26. The second kappa shape index (κ2) is 6.69. The van der Waals surface area contributed by atoms with Gasteiger partial charge < -0.3 is 14.4 Å². The number of fused-ring (bicyclic) bond motifs is 1. The number of hydrogen-bond donors (Lipinski definition) is 0. The number of ether oxygens (including phenoxy) is 2. The molecule has 1 saturated heterocycles. The zero-order valence-electron chi connectivity index (χ0n) is 13.3. The highest BCUT2D eigenvalue weighted by Crippen LogP contribution is 2.38. The highest BCUT2D eigenvalue weighted by molar-refractivity contribution is 7.10. The Balaban J connectivity index is 1.53. The lowest BCUT2D eigenvalue weighted by Crippen LogP contribution is -2.29. The van der Waals surface area contributed by atoms with Gasteiger partial charge in [-0.2, -0.15) is 0 Å². The Hall–Kier alpha value is -2.27. The molecule has 0 saturated carbocycles. The summed E-state index contributed by atoms with van der Waals surface area (Å²) >= 11 is 1.63. The Bertz CT molecular complexity index is 754. The average molecular weight is 341 g/mol. The van der Waals surface area contributed by atoms with E-state index >= 15 is 0 Å². The molecule has 2 aliphatic heterocycles. The summed E-state index contributed by atoms with van der Waals surface area (Å²) in [5.74, 6) is 1.64. The third kappa shape index (κ3) is 3.04. The molecule has 1 aromatic heterocycles. The lowest BCUT2D eigenvalue weighted by Gasteiger charge is -2.26. The molecular weight excluding hydrogens is 322 g/mol. The molecular formula is C19H19NO3S. The summed E-state index contributed by atoms with van der Waals surface area (Å²) in [7, 11) is 0. The average Bonchev–Trinajstić information content (AvgIpc) is 3.31. The summed E-state index contributed by atoms with van der Waals surface area (Å²) in [5.41, 5.74) is 1.12. The van der Waals surface area contributed by atoms with E-state index in [1.54, 1.807) is 17.4 Å². The number of amides is 1. The summed E-state index contributed by atoms with van der Waals surface area (Å²) in [6.07, 6.45) is 5.59. The zero-order chi connectivity index (χ0) is 16.4. The van der Waals surface area contributed by atoms with Crippen LogP contribution in [-0.2, 0) is 4.79 Å². The number of likely N-dealkylation sites (tertiary alicyclic amines) is 1. The van der Waals surface area contributed by atoms with Gasteiger partial charge >= 0.3 is 0 Å². The molecule has 0 bridgehead atoms. The number of hydrogen-bond acceptors (Lipinski definition) is 4. The predicted molar refractivity (Wildman–Crippen MR) is 94.5 cm³/mol. The molecule has 4 rings (SSSR count). The molecule has 1 atom stereocenters. The Morgan fingerprint density at radius 3 is 2.92 bits per heavy atom. The molecule has 1 fully saturated rings. The molecule has 0 spiro atoms. The number of rotatable bonds is 3. The van der Waals surface area contributed by atoms with Crippen LogP contribution < -0.4 is 9.47 Å². The molecule has 2 aromatic rings. The zero-order valence-corrected chi connectivity index (χ0v) is 14.1. The van der Waals surface area contributed by atoms with Gasteiger partial charge in [0, 0.05) is 17.5 Å². The van der Waals surface area contributed by atoms with Crippen molar-refractivity contribution < 1.29 is 14.3 Å². The minimum atomic E-state index is 0.0702. The van der Waals surface area contributed by atoms with Crippen LogP contribution in [0.1, 0.15) is 29.3 Å². The van der Waals surface area contributed by atoms with Crippen molar-refractivity contribution >= 4 is 23.3 Å². The molecule has 24 heavy (non-hydrogen) atoms. The van der Waals surface area contributed by atoms with Crippen LogP contribution in [0.5, 0.6) is 11.5 Å². The van der Waals surface area contributed by atoms with Gasteiger partial charge in [0.2, 0.25) is 5.91 Å². The van der Waals surface area contributed by atoms with Crippen LogP contribution in [-0.4, -0.2) is 30.6 Å². The van der Waals surface area contributed by atoms with Gasteiger partial charge in [0.1, 0.15) is 13.2 Å². The van der Waals surface area contributed by atoms with Crippen LogP contribution in [0.3, 0.4) is 0 Å². The smallest absolute Gasteiger partial charge is 0.247 e. The fourth-order valence-corrected chi connectivity index (χ4v) is 3.90. The molecule has 0 N–H and O–H groups in total. The molecule has 3 heterocycles. The fourth-order valence-electron chi connectivity index (χ4n) is 3.28. The molecule has 5 heteroatoms. The second-order valence-corrected chi connectivity index (χ2v) is 6.92. The van der Waals surface area contributed by atoms with Crippen molar-refractivity contribution in [3.8, 4) is 11.5 Å². The first-order valence-corrected chi connectivity index (χ1v) is 9.11. The molecule has 0 aliphatic carbocycles. The number of carbonyl (C=O) groups excluding carboxylic acids is 1. The SMILES string of the molecule is O=C(/C=C/c1cccs1)N1CCCC1c1ccc2c(c1)OCCO2. The van der Waals surface area contributed by atoms with Gasteiger partial charge in [0.05, 0.1) is 6.04 Å². The molecule has 1 unspecified atom stereocenters. The molecule has 1 amide bonds. The van der Waals surface area contributed by atoms with Gasteiger partial charge in [0.15, 0.2) is 11.5 Å². The quantitative estimate of drug-likeness (QED) is 0.795. The third-order valence-electron chi connectivity index (χ3n) is 4.42. The number of benzene rings is 1. The minimum absolute atomic E-state index is 0.0702. The van der Waals surface area contributed by atoms with E-state index in [0.717, 1.165) is 41.3 Å². The highest BCUT2D eigenvalue weighted by Gasteiger charge is 2.29. The fraction of sp³-hybridized carbons (Fsp3) is 0.316. The van der Waals surface area contributed by atoms with Crippen LogP contribution in [0, 0.1) is 0 Å². The van der Waals surface area contributed by atoms with Crippen LogP contribution in [0.25, 0.3) is 6.08 Å². The van der Waals surface area contributed by atoms with Crippen molar-refractivity contribution in [2.45, 2.75) is 18.9 Å². The maximum Gasteiger partial charge on any atom is 0.247 e. The maximum atomic E-state index is 12.6. The van der Waals surface area contributed by atoms with E-state index in [1.165, 1.54) is 0 Å². The summed E-state index contributed by atoms with van der Waals surface area (Å²) in [4.78, 5) is 15.7. The summed E-state index contributed by atoms with van der Waals surface area (Å²) in [5, 5.41) is 2.01. The first-order chi connectivity index (χ1) is 11.8. The number of carbonyl (C=O) groups is 1. The predicted octanol–water partition coefficient (Wildman–Crippen LogP) is 3.90. The standard InChI is InChI=1S/C19H19NO3S/c21-19(8-6-15-3-2-12-24-15)20-9-1-4-16(20)14-5-7-17-18(13-14)23-11-10-22-17/h2-3,5-8,12-13,16H,1,4,9-11H2/b8-6+. The van der Waals surface area contributed by atoms with Crippen LogP contribution in [0.2, 0.25) is 0 Å². The normalized spacial score (nSPS) is 19.8. The van der Waals surface area contributed by atoms with Crippen molar-refractivity contribution in [3.63, 3.8) is 0 Å². The van der Waals surface area contributed by atoms with Crippen LogP contribution >= 0.6 is 11.3 Å². The molecule has 1 aromatic carbocycles. The monoisotopic (exact) mass is 341 g/mol. The van der Waals surface area contributed by atoms with Gasteiger partial charge in [-0.25, -0.2) is 0 Å². The van der Waals surface area contributed by atoms with Crippen molar-refractivity contribution in [3.05, 3.63) is 52.2 Å². The number of nitrogens with zero attached hydrogens (tertiary/aromatic N) is 1. The topological polar surface area (TPSA) is 38.8 Å². The van der Waals surface area contributed by atoms with E-state index in [0.29, 0.717) is 13.2 Å². The second-order valence-electron chi connectivity index (χ2n) is 5.94. The molecule has 4 nitrogen and oxygen atoms in total. The summed E-state index contributed by atoms with van der Waals surface area (Å²) < 4.78 is 11.3. The van der Waals surface area contributed by atoms with Crippen molar-refractivity contribution in [1.29, 1.82) is 0 Å². The molecule has 0 radical (unpaired) electrons. The van der Waals surface area contributed by atoms with Crippen molar-refractivity contribution in [1.82, 2.24) is 4.90 Å². The largest absolute Gasteiger partial charge is 0.486 e. The molecule has 2 aliphatic rings.